The van der Waals surface area contributed by atoms with Gasteiger partial charge in [-0.15, -0.1) is 0 Å². The standard InChI is InChI=1S/C31H29ClN2O5S/c1-21-10-13-27(14-11-21)40(37,38)39-20-29(35)30(22-6-3-2-4-7-22)34-17-16-23-18-24(12-15-28(23)34)31(36)33-26-9-5-8-25(32)19-26/h2-15,18-19,29-30,35H,16-17,20H2,1H3,(H,33,36)/t29-,30-/m0/s1. The zero-order valence-electron chi connectivity index (χ0n) is 21.8. The first kappa shape index (κ1) is 27.9. The summed E-state index contributed by atoms with van der Waals surface area (Å²) in [5, 5.41) is 14.7. The minimum atomic E-state index is -4.05. The Balaban J connectivity index is 1.37. The second-order valence-corrected chi connectivity index (χ2v) is 11.8. The fourth-order valence-corrected chi connectivity index (χ4v) is 6.02. The Morgan fingerprint density at radius 1 is 1.00 bits per heavy atom. The predicted octanol–water partition coefficient (Wildman–Crippen LogP) is 5.77. The van der Waals surface area contributed by atoms with Crippen LogP contribution in [0.5, 0.6) is 0 Å². The SMILES string of the molecule is Cc1ccc(S(=O)(=O)OC[C@H](O)[C@H](c2ccccc2)N2CCc3cc(C(=O)Nc4cccc(Cl)c4)ccc32)cc1. The Morgan fingerprint density at radius 3 is 2.48 bits per heavy atom. The predicted molar refractivity (Wildman–Crippen MR) is 156 cm³/mol. The minimum absolute atomic E-state index is 0.0386. The molecule has 0 aromatic heterocycles. The third-order valence-electron chi connectivity index (χ3n) is 6.90. The first-order valence-corrected chi connectivity index (χ1v) is 14.7. The van der Waals surface area contributed by atoms with Gasteiger partial charge in [-0.2, -0.15) is 8.42 Å². The molecule has 0 saturated carbocycles. The summed E-state index contributed by atoms with van der Waals surface area (Å²) >= 11 is 6.04. The number of anilines is 2. The van der Waals surface area contributed by atoms with Crippen LogP contribution in [-0.4, -0.2) is 38.7 Å². The monoisotopic (exact) mass is 576 g/mol. The number of amides is 1. The molecule has 1 aliphatic rings. The lowest BCUT2D eigenvalue weighted by molar-refractivity contribution is 0.0852. The molecule has 0 bridgehead atoms. The zero-order chi connectivity index (χ0) is 28.3. The molecule has 4 aromatic rings. The molecule has 1 heterocycles. The average molecular weight is 577 g/mol. The first-order valence-electron chi connectivity index (χ1n) is 12.9. The van der Waals surface area contributed by atoms with Gasteiger partial charge in [0, 0.05) is 28.5 Å². The largest absolute Gasteiger partial charge is 0.388 e. The Labute approximate surface area is 239 Å². The van der Waals surface area contributed by atoms with E-state index >= 15 is 0 Å². The first-order chi connectivity index (χ1) is 19.2. The molecule has 7 nitrogen and oxygen atoms in total. The highest BCUT2D eigenvalue weighted by Crippen LogP contribution is 2.38. The number of hydrogen-bond donors (Lipinski definition) is 2. The smallest absolute Gasteiger partial charge is 0.297 e. The lowest BCUT2D eigenvalue weighted by Gasteiger charge is -2.34. The van der Waals surface area contributed by atoms with Crippen LogP contribution in [0.2, 0.25) is 5.02 Å². The van der Waals surface area contributed by atoms with Crippen molar-refractivity contribution in [3.05, 3.63) is 124 Å². The van der Waals surface area contributed by atoms with E-state index in [1.165, 1.54) is 12.1 Å². The van der Waals surface area contributed by atoms with Crippen molar-refractivity contribution in [2.45, 2.75) is 30.4 Å². The van der Waals surface area contributed by atoms with Gasteiger partial charge in [0.05, 0.1) is 17.5 Å². The summed E-state index contributed by atoms with van der Waals surface area (Å²) in [5.41, 5.74) is 4.69. The highest BCUT2D eigenvalue weighted by molar-refractivity contribution is 7.86. The number of nitrogens with one attached hydrogen (secondary N) is 1. The molecule has 2 atom stereocenters. The Bertz CT molecular complexity index is 1610. The topological polar surface area (TPSA) is 95.9 Å². The molecule has 2 N–H and O–H groups in total. The molecule has 9 heteroatoms. The van der Waals surface area contributed by atoms with Crippen molar-refractivity contribution in [3.8, 4) is 0 Å². The summed E-state index contributed by atoms with van der Waals surface area (Å²) < 4.78 is 30.9. The van der Waals surface area contributed by atoms with Crippen molar-refractivity contribution in [3.63, 3.8) is 0 Å². The van der Waals surface area contributed by atoms with E-state index in [0.717, 1.165) is 22.4 Å². The van der Waals surface area contributed by atoms with Crippen molar-refractivity contribution < 1.29 is 22.5 Å². The molecule has 0 fully saturated rings. The maximum atomic E-state index is 12.9. The van der Waals surface area contributed by atoms with Crippen LogP contribution in [0.25, 0.3) is 0 Å². The molecule has 0 spiro atoms. The van der Waals surface area contributed by atoms with Gasteiger partial charge in [-0.1, -0.05) is 65.7 Å². The lowest BCUT2D eigenvalue weighted by Crippen LogP contribution is -2.38. The number of rotatable bonds is 9. The molecule has 206 valence electrons. The number of aryl methyl sites for hydroxylation is 1. The Hall–Kier alpha value is -3.69. The number of benzene rings is 4. The molecule has 5 rings (SSSR count). The van der Waals surface area contributed by atoms with Gasteiger partial charge in [0.15, 0.2) is 0 Å². The third-order valence-corrected chi connectivity index (χ3v) is 8.43. The van der Waals surface area contributed by atoms with Crippen molar-refractivity contribution >= 4 is 39.0 Å². The number of halogens is 1. The van der Waals surface area contributed by atoms with Gasteiger partial charge in [-0.05, 0) is 73.0 Å². The van der Waals surface area contributed by atoms with Gasteiger partial charge in [0.1, 0.15) is 6.10 Å². The van der Waals surface area contributed by atoms with Gasteiger partial charge in [0.25, 0.3) is 16.0 Å². The van der Waals surface area contributed by atoms with Crippen LogP contribution in [0.15, 0.2) is 102 Å². The third kappa shape index (κ3) is 6.21. The van der Waals surface area contributed by atoms with Gasteiger partial charge < -0.3 is 15.3 Å². The quantitative estimate of drug-likeness (QED) is 0.246. The van der Waals surface area contributed by atoms with E-state index in [0.29, 0.717) is 29.2 Å². The van der Waals surface area contributed by atoms with Gasteiger partial charge in [0.2, 0.25) is 0 Å². The summed E-state index contributed by atoms with van der Waals surface area (Å²) in [6, 6.07) is 27.6. The number of hydrogen-bond acceptors (Lipinski definition) is 6. The fraction of sp³-hybridized carbons (Fsp3) is 0.194. The maximum absolute atomic E-state index is 12.9. The Kier molecular flexibility index (Phi) is 8.23. The van der Waals surface area contributed by atoms with E-state index in [-0.39, 0.29) is 10.8 Å². The zero-order valence-corrected chi connectivity index (χ0v) is 23.4. The maximum Gasteiger partial charge on any atom is 0.297 e. The van der Waals surface area contributed by atoms with Crippen LogP contribution in [-0.2, 0) is 20.7 Å². The summed E-state index contributed by atoms with van der Waals surface area (Å²) in [5.74, 6) is -0.252. The molecule has 0 radical (unpaired) electrons. The summed E-state index contributed by atoms with van der Waals surface area (Å²) in [6.45, 7) is 2.03. The molecule has 0 unspecified atom stereocenters. The van der Waals surface area contributed by atoms with Crippen molar-refractivity contribution in [2.24, 2.45) is 0 Å². The molecular weight excluding hydrogens is 548 g/mol. The van der Waals surface area contributed by atoms with Crippen LogP contribution in [0, 0.1) is 6.92 Å². The molecule has 0 saturated heterocycles. The molecule has 1 aliphatic heterocycles. The van der Waals surface area contributed by atoms with Crippen LogP contribution in [0.3, 0.4) is 0 Å². The number of aliphatic hydroxyl groups is 1. The second-order valence-electron chi connectivity index (χ2n) is 9.73. The Morgan fingerprint density at radius 2 is 1.75 bits per heavy atom. The highest BCUT2D eigenvalue weighted by Gasteiger charge is 2.34. The fourth-order valence-electron chi connectivity index (χ4n) is 4.91. The average Bonchev–Trinajstić information content (AvgIpc) is 3.36. The molecule has 4 aromatic carbocycles. The summed E-state index contributed by atoms with van der Waals surface area (Å²) in [4.78, 5) is 15.0. The van der Waals surface area contributed by atoms with Crippen molar-refractivity contribution in [2.75, 3.05) is 23.4 Å². The van der Waals surface area contributed by atoms with Crippen LogP contribution in [0.1, 0.15) is 33.1 Å². The molecule has 1 amide bonds. The van der Waals surface area contributed by atoms with Gasteiger partial charge in [-0.3, -0.25) is 8.98 Å². The number of fused-ring (bicyclic) bond motifs is 1. The number of nitrogens with zero attached hydrogens (tertiary/aromatic N) is 1. The van der Waals surface area contributed by atoms with E-state index in [2.05, 4.69) is 5.32 Å². The van der Waals surface area contributed by atoms with E-state index < -0.39 is 28.9 Å². The second kappa shape index (κ2) is 11.8. The molecule has 0 aliphatic carbocycles. The van der Waals surface area contributed by atoms with Crippen molar-refractivity contribution in [1.82, 2.24) is 0 Å². The van der Waals surface area contributed by atoms with Gasteiger partial charge >= 0.3 is 0 Å². The lowest BCUT2D eigenvalue weighted by atomic mass is 9.99. The molecule has 40 heavy (non-hydrogen) atoms. The normalized spacial score (nSPS) is 14.4. The number of carbonyl (C=O) groups excluding carboxylic acids is 1. The van der Waals surface area contributed by atoms with Crippen LogP contribution >= 0.6 is 11.6 Å². The van der Waals surface area contributed by atoms with E-state index in [9.17, 15) is 18.3 Å². The number of aliphatic hydroxyl groups excluding tert-OH is 1. The van der Waals surface area contributed by atoms with E-state index in [1.54, 1.807) is 42.5 Å². The van der Waals surface area contributed by atoms with E-state index in [4.69, 9.17) is 15.8 Å². The van der Waals surface area contributed by atoms with Crippen LogP contribution in [0.4, 0.5) is 11.4 Å². The van der Waals surface area contributed by atoms with Gasteiger partial charge in [-0.25, -0.2) is 0 Å². The van der Waals surface area contributed by atoms with Crippen molar-refractivity contribution in [1.29, 1.82) is 0 Å². The molecular formula is C31H29ClN2O5S. The number of carbonyl (C=O) groups is 1. The summed E-state index contributed by atoms with van der Waals surface area (Å²) in [6.07, 6.45) is -0.494. The van der Waals surface area contributed by atoms with E-state index in [1.807, 2.05) is 54.3 Å². The highest BCUT2D eigenvalue weighted by atomic mass is 35.5. The minimum Gasteiger partial charge on any atom is -0.388 e. The summed E-state index contributed by atoms with van der Waals surface area (Å²) in [7, 11) is -4.05. The van der Waals surface area contributed by atoms with Crippen LogP contribution < -0.4 is 10.2 Å².